The molecule has 2 aromatic heterocycles. The molecule has 0 aliphatic heterocycles. The smallest absolute Gasteiger partial charge is 0.276 e. The number of nitrogens with one attached hydrogen (secondary N) is 2. The maximum Gasteiger partial charge on any atom is 0.276 e. The molecule has 0 radical (unpaired) electrons. The molecule has 0 aliphatic carbocycles. The van der Waals surface area contributed by atoms with Crippen molar-refractivity contribution in [3.05, 3.63) is 16.7 Å². The van der Waals surface area contributed by atoms with Crippen LogP contribution < -0.4 is 5.56 Å². The number of hydrogen-bond donors (Lipinski definition) is 2. The van der Waals surface area contributed by atoms with Crippen molar-refractivity contribution in [1.29, 1.82) is 0 Å². The molecule has 0 saturated carbocycles. The Hall–Kier alpha value is -1.70. The summed E-state index contributed by atoms with van der Waals surface area (Å²) in [6.45, 7) is 0. The third-order valence-corrected chi connectivity index (χ3v) is 2.52. The van der Waals surface area contributed by atoms with Crippen LogP contribution in [0.2, 0.25) is 0 Å². The van der Waals surface area contributed by atoms with Crippen molar-refractivity contribution in [3.63, 3.8) is 0 Å². The number of H-pyrrole nitrogens is 2. The summed E-state index contributed by atoms with van der Waals surface area (Å²) in [7, 11) is -3.44. The number of rotatable bonds is 1. The molecule has 8 heteroatoms. The van der Waals surface area contributed by atoms with Crippen molar-refractivity contribution < 1.29 is 8.42 Å². The number of nitrogens with zero attached hydrogens (tertiary/aromatic N) is 2. The van der Waals surface area contributed by atoms with E-state index >= 15 is 0 Å². The van der Waals surface area contributed by atoms with Crippen LogP contribution in [0, 0.1) is 0 Å². The number of aromatic amines is 2. The Bertz CT molecular complexity index is 638. The molecule has 2 rings (SSSR count). The van der Waals surface area contributed by atoms with E-state index < -0.39 is 15.4 Å². The van der Waals surface area contributed by atoms with Gasteiger partial charge < -0.3 is 9.97 Å². The molecule has 0 bridgehead atoms. The zero-order valence-electron chi connectivity index (χ0n) is 7.10. The van der Waals surface area contributed by atoms with Crippen LogP contribution in [-0.2, 0) is 9.84 Å². The fourth-order valence-electron chi connectivity index (χ4n) is 0.994. The van der Waals surface area contributed by atoms with Crippen LogP contribution >= 0.6 is 0 Å². The van der Waals surface area contributed by atoms with Gasteiger partial charge in [0.15, 0.2) is 11.2 Å². The van der Waals surface area contributed by atoms with E-state index in [0.717, 1.165) is 12.6 Å². The van der Waals surface area contributed by atoms with Crippen LogP contribution in [0.5, 0.6) is 0 Å². The second kappa shape index (κ2) is 2.64. The van der Waals surface area contributed by atoms with Gasteiger partial charge in [0.1, 0.15) is 0 Å². The van der Waals surface area contributed by atoms with Crippen LogP contribution in [0.15, 0.2) is 16.3 Å². The molecule has 0 aliphatic rings. The lowest BCUT2D eigenvalue weighted by atomic mass is 10.6. The normalized spacial score (nSPS) is 12.1. The minimum atomic E-state index is -3.44. The average molecular weight is 214 g/mol. The number of sulfone groups is 1. The van der Waals surface area contributed by atoms with Gasteiger partial charge in [-0.15, -0.1) is 0 Å². The first-order valence-electron chi connectivity index (χ1n) is 3.62. The lowest BCUT2D eigenvalue weighted by Crippen LogP contribution is -2.06. The van der Waals surface area contributed by atoms with Crippen LogP contribution in [0.4, 0.5) is 0 Å². The third kappa shape index (κ3) is 1.29. The average Bonchev–Trinajstić information content (AvgIpc) is 2.48. The van der Waals surface area contributed by atoms with Gasteiger partial charge in [-0.25, -0.2) is 13.4 Å². The highest BCUT2D eigenvalue weighted by molar-refractivity contribution is 7.90. The minimum absolute atomic E-state index is 0.0629. The summed E-state index contributed by atoms with van der Waals surface area (Å²) < 4.78 is 22.2. The minimum Gasteiger partial charge on any atom is -0.323 e. The van der Waals surface area contributed by atoms with Gasteiger partial charge in [0.05, 0.1) is 6.33 Å². The second-order valence-corrected chi connectivity index (χ2v) is 4.68. The zero-order chi connectivity index (χ0) is 10.3. The summed E-state index contributed by atoms with van der Waals surface area (Å²) in [5, 5.41) is -0.253. The van der Waals surface area contributed by atoms with Gasteiger partial charge in [-0.1, -0.05) is 0 Å². The van der Waals surface area contributed by atoms with E-state index in [0.29, 0.717) is 0 Å². The monoisotopic (exact) mass is 214 g/mol. The lowest BCUT2D eigenvalue weighted by Gasteiger charge is -1.86. The van der Waals surface area contributed by atoms with Crippen molar-refractivity contribution in [2.75, 3.05) is 6.26 Å². The molecule has 2 aromatic rings. The summed E-state index contributed by atoms with van der Waals surface area (Å²) in [5.41, 5.74) is -0.292. The Labute approximate surface area is 78.1 Å². The molecule has 0 spiro atoms. The number of aromatic nitrogens is 4. The molecule has 74 valence electrons. The molecule has 0 aromatic carbocycles. The maximum absolute atomic E-state index is 11.2. The van der Waals surface area contributed by atoms with Crippen molar-refractivity contribution in [2.45, 2.75) is 5.16 Å². The third-order valence-electron chi connectivity index (χ3n) is 1.62. The Balaban J connectivity index is 2.88. The Morgan fingerprint density at radius 1 is 1.43 bits per heavy atom. The van der Waals surface area contributed by atoms with E-state index in [9.17, 15) is 13.2 Å². The molecule has 0 fully saturated rings. The number of fused-ring (bicyclic) bond motifs is 1. The van der Waals surface area contributed by atoms with Crippen LogP contribution in [0.1, 0.15) is 0 Å². The Kier molecular flexibility index (Phi) is 1.68. The summed E-state index contributed by atoms with van der Waals surface area (Å²) in [4.78, 5) is 23.2. The van der Waals surface area contributed by atoms with Gasteiger partial charge in [-0.3, -0.25) is 4.79 Å². The molecule has 0 unspecified atom stereocenters. The quantitative estimate of drug-likeness (QED) is 0.636. The van der Waals surface area contributed by atoms with Crippen molar-refractivity contribution in [1.82, 2.24) is 19.9 Å². The summed E-state index contributed by atoms with van der Waals surface area (Å²) in [6, 6.07) is 0. The molecule has 0 amide bonds. The number of imidazole rings is 1. The van der Waals surface area contributed by atoms with Gasteiger partial charge in [-0.2, -0.15) is 4.98 Å². The van der Waals surface area contributed by atoms with Crippen LogP contribution in [0.3, 0.4) is 0 Å². The highest BCUT2D eigenvalue weighted by Crippen LogP contribution is 2.07. The topological polar surface area (TPSA) is 109 Å². The predicted octanol–water partition coefficient (Wildman–Crippen LogP) is -0.950. The summed E-state index contributed by atoms with van der Waals surface area (Å²) in [6.07, 6.45) is 2.16. The second-order valence-electron chi connectivity index (χ2n) is 2.74. The fourth-order valence-corrected chi connectivity index (χ4v) is 1.53. The first-order chi connectivity index (χ1) is 6.48. The highest BCUT2D eigenvalue weighted by Gasteiger charge is 2.14. The van der Waals surface area contributed by atoms with Crippen molar-refractivity contribution in [2.24, 2.45) is 0 Å². The first-order valence-corrected chi connectivity index (χ1v) is 5.51. The molecular weight excluding hydrogens is 208 g/mol. The van der Waals surface area contributed by atoms with Gasteiger partial charge in [0.2, 0.25) is 15.0 Å². The molecule has 14 heavy (non-hydrogen) atoms. The SMILES string of the molecule is CS(=O)(=O)c1nc2nc[nH]c(=O)c2[nH]1. The maximum atomic E-state index is 11.2. The first kappa shape index (κ1) is 8.88. The zero-order valence-corrected chi connectivity index (χ0v) is 7.92. The Morgan fingerprint density at radius 2 is 2.14 bits per heavy atom. The molecule has 7 nitrogen and oxygen atoms in total. The molecular formula is C6H6N4O3S. The van der Waals surface area contributed by atoms with Crippen LogP contribution in [0.25, 0.3) is 11.2 Å². The molecule has 2 heterocycles. The standard InChI is InChI=1S/C6H6N4O3S/c1-14(12,13)6-9-3-4(10-6)7-2-8-5(3)11/h2H,1H3,(H2,7,8,9,10,11). The number of hydrogen-bond acceptors (Lipinski definition) is 5. The molecule has 0 atom stereocenters. The van der Waals surface area contributed by atoms with E-state index in [1.807, 2.05) is 0 Å². The van der Waals surface area contributed by atoms with E-state index in [2.05, 4.69) is 19.9 Å². The van der Waals surface area contributed by atoms with E-state index in [-0.39, 0.29) is 16.3 Å². The van der Waals surface area contributed by atoms with E-state index in [1.165, 1.54) is 0 Å². The molecule has 0 saturated heterocycles. The van der Waals surface area contributed by atoms with Crippen LogP contribution in [-0.4, -0.2) is 34.6 Å². The fraction of sp³-hybridized carbons (Fsp3) is 0.167. The summed E-state index contributed by atoms with van der Waals surface area (Å²) in [5.74, 6) is 0. The predicted molar refractivity (Wildman–Crippen MR) is 47.6 cm³/mol. The van der Waals surface area contributed by atoms with Crippen molar-refractivity contribution >= 4 is 21.0 Å². The van der Waals surface area contributed by atoms with Gasteiger partial charge in [0, 0.05) is 6.26 Å². The largest absolute Gasteiger partial charge is 0.323 e. The van der Waals surface area contributed by atoms with Gasteiger partial charge in [-0.05, 0) is 0 Å². The summed E-state index contributed by atoms with van der Waals surface area (Å²) >= 11 is 0. The van der Waals surface area contributed by atoms with Crippen molar-refractivity contribution in [3.8, 4) is 0 Å². The lowest BCUT2D eigenvalue weighted by molar-refractivity contribution is 0.595. The van der Waals surface area contributed by atoms with Gasteiger partial charge >= 0.3 is 0 Å². The molecule has 2 N–H and O–H groups in total. The van der Waals surface area contributed by atoms with E-state index in [4.69, 9.17) is 0 Å². The van der Waals surface area contributed by atoms with Gasteiger partial charge in [0.25, 0.3) is 5.56 Å². The highest BCUT2D eigenvalue weighted by atomic mass is 32.2. The Morgan fingerprint density at radius 3 is 2.71 bits per heavy atom. The van der Waals surface area contributed by atoms with E-state index in [1.54, 1.807) is 0 Å².